The molecule has 2 aromatic rings. The lowest BCUT2D eigenvalue weighted by molar-refractivity contribution is 0.0924. The van der Waals surface area contributed by atoms with E-state index >= 15 is 0 Å². The van der Waals surface area contributed by atoms with Crippen molar-refractivity contribution in [2.24, 2.45) is 0 Å². The molecule has 2 unspecified atom stereocenters. The van der Waals surface area contributed by atoms with Gasteiger partial charge in [0.15, 0.2) is 0 Å². The monoisotopic (exact) mass is 330 g/mol. The molecule has 2 aliphatic heterocycles. The number of nitrogens with zero attached hydrogens (tertiary/aromatic N) is 1. The summed E-state index contributed by atoms with van der Waals surface area (Å²) >= 11 is 6.24. The first-order valence-corrected chi connectivity index (χ1v) is 8.43. The predicted molar refractivity (Wildman–Crippen MR) is 89.5 cm³/mol. The molecule has 1 aromatic heterocycles. The summed E-state index contributed by atoms with van der Waals surface area (Å²) in [4.78, 5) is 12.7. The van der Waals surface area contributed by atoms with Crippen molar-refractivity contribution in [2.45, 2.75) is 43.8 Å². The van der Waals surface area contributed by atoms with Crippen molar-refractivity contribution in [3.8, 4) is 11.3 Å². The minimum Gasteiger partial charge on any atom is -0.349 e. The topological polar surface area (TPSA) is 69.8 Å². The molecular weight excluding hydrogens is 312 g/mol. The number of aromatic amines is 1. The number of nitrogens with one attached hydrogen (secondary N) is 3. The lowest BCUT2D eigenvalue weighted by Crippen LogP contribution is -2.48. The van der Waals surface area contributed by atoms with Gasteiger partial charge in [0.25, 0.3) is 5.91 Å². The van der Waals surface area contributed by atoms with E-state index in [0.29, 0.717) is 28.4 Å². The number of hydrogen-bond acceptors (Lipinski definition) is 3. The Hall–Kier alpha value is -1.85. The van der Waals surface area contributed by atoms with Crippen molar-refractivity contribution in [3.05, 3.63) is 41.0 Å². The minimum absolute atomic E-state index is 0.0834. The van der Waals surface area contributed by atoms with Crippen molar-refractivity contribution < 1.29 is 4.79 Å². The zero-order valence-corrected chi connectivity index (χ0v) is 13.4. The molecule has 2 aliphatic rings. The number of carbonyl (C=O) groups excluding carboxylic acids is 1. The van der Waals surface area contributed by atoms with E-state index in [4.69, 9.17) is 11.6 Å². The summed E-state index contributed by atoms with van der Waals surface area (Å²) in [5, 5.41) is 14.3. The summed E-state index contributed by atoms with van der Waals surface area (Å²) in [7, 11) is 0. The number of amides is 1. The normalized spacial score (nSPS) is 26.2. The summed E-state index contributed by atoms with van der Waals surface area (Å²) in [6, 6.07) is 8.79. The number of benzene rings is 1. The average Bonchev–Trinajstić information content (AvgIpc) is 3.14. The van der Waals surface area contributed by atoms with E-state index in [-0.39, 0.29) is 11.9 Å². The predicted octanol–water partition coefficient (Wildman–Crippen LogP) is 2.74. The van der Waals surface area contributed by atoms with Gasteiger partial charge in [-0.05, 0) is 31.7 Å². The van der Waals surface area contributed by atoms with Crippen LogP contribution >= 0.6 is 11.6 Å². The molecule has 2 bridgehead atoms. The minimum atomic E-state index is -0.0834. The maximum atomic E-state index is 12.7. The van der Waals surface area contributed by atoms with Gasteiger partial charge in [-0.25, -0.2) is 0 Å². The van der Waals surface area contributed by atoms with Crippen LogP contribution in [-0.4, -0.2) is 34.2 Å². The smallest absolute Gasteiger partial charge is 0.255 e. The first-order chi connectivity index (χ1) is 11.2. The Kier molecular flexibility index (Phi) is 3.83. The molecule has 1 amide bonds. The number of aromatic nitrogens is 2. The molecule has 3 N–H and O–H groups in total. The highest BCUT2D eigenvalue weighted by atomic mass is 35.5. The van der Waals surface area contributed by atoms with E-state index in [0.717, 1.165) is 18.4 Å². The molecule has 0 radical (unpaired) electrons. The second-order valence-corrected chi connectivity index (χ2v) is 6.83. The van der Waals surface area contributed by atoms with Crippen molar-refractivity contribution in [1.29, 1.82) is 0 Å². The van der Waals surface area contributed by atoms with E-state index in [1.165, 1.54) is 12.8 Å². The third-order valence-electron chi connectivity index (χ3n) is 4.84. The molecule has 6 heteroatoms. The highest BCUT2D eigenvalue weighted by molar-refractivity contribution is 6.33. The quantitative estimate of drug-likeness (QED) is 0.810. The van der Waals surface area contributed by atoms with Gasteiger partial charge in [0.2, 0.25) is 0 Å². The number of fused-ring (bicyclic) bond motifs is 2. The van der Waals surface area contributed by atoms with Crippen LogP contribution in [0.4, 0.5) is 0 Å². The zero-order valence-electron chi connectivity index (χ0n) is 12.7. The third kappa shape index (κ3) is 2.86. The second kappa shape index (κ2) is 5.98. The summed E-state index contributed by atoms with van der Waals surface area (Å²) < 4.78 is 0. The number of hydrogen-bond donors (Lipinski definition) is 3. The molecule has 1 aromatic carbocycles. The average molecular weight is 331 g/mol. The van der Waals surface area contributed by atoms with E-state index in [2.05, 4.69) is 20.8 Å². The summed E-state index contributed by atoms with van der Waals surface area (Å²) in [6.07, 6.45) is 6.01. The van der Waals surface area contributed by atoms with Gasteiger partial charge in [-0.3, -0.25) is 9.89 Å². The highest BCUT2D eigenvalue weighted by Crippen LogP contribution is 2.30. The van der Waals surface area contributed by atoms with Crippen LogP contribution in [0.3, 0.4) is 0 Å². The molecule has 23 heavy (non-hydrogen) atoms. The lowest BCUT2D eigenvalue weighted by atomic mass is 9.99. The molecule has 0 spiro atoms. The molecule has 120 valence electrons. The molecule has 5 nitrogen and oxygen atoms in total. The molecule has 0 aliphatic carbocycles. The Balaban J connectivity index is 1.54. The molecule has 2 saturated heterocycles. The number of rotatable bonds is 3. The van der Waals surface area contributed by atoms with Gasteiger partial charge >= 0.3 is 0 Å². The van der Waals surface area contributed by atoms with Crippen molar-refractivity contribution in [3.63, 3.8) is 0 Å². The molecule has 3 heterocycles. The maximum absolute atomic E-state index is 12.7. The Bertz CT molecular complexity index is 717. The van der Waals surface area contributed by atoms with Crippen LogP contribution in [0.25, 0.3) is 11.3 Å². The van der Waals surface area contributed by atoms with E-state index < -0.39 is 0 Å². The van der Waals surface area contributed by atoms with Crippen LogP contribution in [0.5, 0.6) is 0 Å². The standard InChI is InChI=1S/C17H19ClN4O/c18-15-4-2-1-3-13(15)16-14(9-19-22-16)17(23)21-12-7-10-5-6-11(8-12)20-10/h1-4,9-12,20H,5-8H2,(H,19,22)(H,21,23). The first kappa shape index (κ1) is 14.7. The molecule has 4 rings (SSSR count). The molecule has 0 saturated carbocycles. The third-order valence-corrected chi connectivity index (χ3v) is 5.17. The van der Waals surface area contributed by atoms with Gasteiger partial charge in [-0.2, -0.15) is 5.10 Å². The van der Waals surface area contributed by atoms with Crippen LogP contribution in [0, 0.1) is 0 Å². The van der Waals surface area contributed by atoms with Gasteiger partial charge in [0.1, 0.15) is 0 Å². The fourth-order valence-corrected chi connectivity index (χ4v) is 4.00. The number of H-pyrrole nitrogens is 1. The fraction of sp³-hybridized carbons (Fsp3) is 0.412. The van der Waals surface area contributed by atoms with Gasteiger partial charge in [0, 0.05) is 28.7 Å². The maximum Gasteiger partial charge on any atom is 0.255 e. The summed E-state index contributed by atoms with van der Waals surface area (Å²) in [5.74, 6) is -0.0834. The fourth-order valence-electron chi connectivity index (χ4n) is 3.77. The van der Waals surface area contributed by atoms with Crippen LogP contribution in [0.1, 0.15) is 36.0 Å². The van der Waals surface area contributed by atoms with Gasteiger partial charge in [-0.15, -0.1) is 0 Å². The first-order valence-electron chi connectivity index (χ1n) is 8.06. The highest BCUT2D eigenvalue weighted by Gasteiger charge is 2.34. The number of piperidine rings is 1. The van der Waals surface area contributed by atoms with Gasteiger partial charge in [0.05, 0.1) is 17.5 Å². The Morgan fingerprint density at radius 3 is 2.70 bits per heavy atom. The van der Waals surface area contributed by atoms with Gasteiger partial charge in [-0.1, -0.05) is 29.8 Å². The van der Waals surface area contributed by atoms with E-state index in [9.17, 15) is 4.79 Å². The van der Waals surface area contributed by atoms with Crippen molar-refractivity contribution in [2.75, 3.05) is 0 Å². The summed E-state index contributed by atoms with van der Waals surface area (Å²) in [6.45, 7) is 0. The largest absolute Gasteiger partial charge is 0.349 e. The van der Waals surface area contributed by atoms with Gasteiger partial charge < -0.3 is 10.6 Å². The van der Waals surface area contributed by atoms with Crippen LogP contribution < -0.4 is 10.6 Å². The molecule has 2 atom stereocenters. The van der Waals surface area contributed by atoms with Crippen LogP contribution in [-0.2, 0) is 0 Å². The van der Waals surface area contributed by atoms with Crippen molar-refractivity contribution >= 4 is 17.5 Å². The number of halogens is 1. The molecule has 2 fully saturated rings. The second-order valence-electron chi connectivity index (χ2n) is 6.42. The Labute approximate surface area is 139 Å². The molecular formula is C17H19ClN4O. The Morgan fingerprint density at radius 1 is 1.22 bits per heavy atom. The van der Waals surface area contributed by atoms with E-state index in [1.54, 1.807) is 6.20 Å². The lowest BCUT2D eigenvalue weighted by Gasteiger charge is -2.29. The summed E-state index contributed by atoms with van der Waals surface area (Å²) in [5.41, 5.74) is 2.01. The zero-order chi connectivity index (χ0) is 15.8. The SMILES string of the molecule is O=C(NC1CC2CCC(C1)N2)c1cn[nH]c1-c1ccccc1Cl. The van der Waals surface area contributed by atoms with Crippen molar-refractivity contribution in [1.82, 2.24) is 20.8 Å². The number of carbonyl (C=O) groups is 1. The van der Waals surface area contributed by atoms with Crippen LogP contribution in [0.2, 0.25) is 5.02 Å². The van der Waals surface area contributed by atoms with E-state index in [1.807, 2.05) is 24.3 Å². The van der Waals surface area contributed by atoms with Crippen LogP contribution in [0.15, 0.2) is 30.5 Å². The Morgan fingerprint density at radius 2 is 1.96 bits per heavy atom.